The van der Waals surface area contributed by atoms with Crippen LogP contribution in [-0.2, 0) is 0 Å². The van der Waals surface area contributed by atoms with Crippen LogP contribution >= 0.6 is 0 Å². The van der Waals surface area contributed by atoms with Gasteiger partial charge in [-0.1, -0.05) is 19.3 Å². The Hall–Kier alpha value is -0.0800. The van der Waals surface area contributed by atoms with Crippen LogP contribution < -0.4 is 5.32 Å². The zero-order chi connectivity index (χ0) is 10.3. The molecule has 2 saturated heterocycles. The first kappa shape index (κ1) is 11.4. The van der Waals surface area contributed by atoms with E-state index in [9.17, 15) is 0 Å². The van der Waals surface area contributed by atoms with Crippen LogP contribution in [0.25, 0.3) is 0 Å². The minimum absolute atomic E-state index is 0.977. The Kier molecular flexibility index (Phi) is 4.94. The fourth-order valence-corrected chi connectivity index (χ4v) is 2.92. The fraction of sp³-hybridized carbons (Fsp3) is 1.00. The highest BCUT2D eigenvalue weighted by Crippen LogP contribution is 2.16. The van der Waals surface area contributed by atoms with Crippen molar-refractivity contribution < 1.29 is 0 Å². The quantitative estimate of drug-likeness (QED) is 0.752. The monoisotopic (exact) mass is 210 g/mol. The lowest BCUT2D eigenvalue weighted by atomic mass is 9.97. The topological polar surface area (TPSA) is 15.3 Å². The van der Waals surface area contributed by atoms with Gasteiger partial charge in [-0.05, 0) is 57.8 Å². The van der Waals surface area contributed by atoms with Crippen LogP contribution in [0.1, 0.15) is 44.9 Å². The van der Waals surface area contributed by atoms with E-state index in [-0.39, 0.29) is 0 Å². The second-order valence-corrected chi connectivity index (χ2v) is 5.26. The first-order valence-electron chi connectivity index (χ1n) is 6.88. The van der Waals surface area contributed by atoms with Crippen molar-refractivity contribution in [3.63, 3.8) is 0 Å². The molecule has 2 nitrogen and oxygen atoms in total. The van der Waals surface area contributed by atoms with Gasteiger partial charge in [0, 0.05) is 6.54 Å². The van der Waals surface area contributed by atoms with Gasteiger partial charge in [0.15, 0.2) is 0 Å². The van der Waals surface area contributed by atoms with Crippen LogP contribution in [0.3, 0.4) is 0 Å². The van der Waals surface area contributed by atoms with Crippen LogP contribution in [0.15, 0.2) is 0 Å². The molecule has 0 aliphatic carbocycles. The zero-order valence-electron chi connectivity index (χ0n) is 10.0. The average Bonchev–Trinajstić information content (AvgIpc) is 2.23. The lowest BCUT2D eigenvalue weighted by Crippen LogP contribution is -2.37. The third-order valence-electron chi connectivity index (χ3n) is 3.92. The van der Waals surface area contributed by atoms with Crippen LogP contribution in [0, 0.1) is 5.92 Å². The van der Waals surface area contributed by atoms with Gasteiger partial charge in [0.25, 0.3) is 0 Å². The van der Waals surface area contributed by atoms with Gasteiger partial charge < -0.3 is 10.2 Å². The Balaban J connectivity index is 1.70. The summed E-state index contributed by atoms with van der Waals surface area (Å²) in [7, 11) is 0. The summed E-state index contributed by atoms with van der Waals surface area (Å²) in [6, 6.07) is 0. The number of hydrogen-bond acceptors (Lipinski definition) is 2. The number of rotatable bonds is 2. The summed E-state index contributed by atoms with van der Waals surface area (Å²) in [5, 5.41) is 3.46. The normalized spacial score (nSPS) is 27.2. The van der Waals surface area contributed by atoms with Crippen molar-refractivity contribution >= 4 is 0 Å². The Morgan fingerprint density at radius 3 is 2.13 bits per heavy atom. The van der Waals surface area contributed by atoms with E-state index in [0.29, 0.717) is 0 Å². The van der Waals surface area contributed by atoms with Gasteiger partial charge in [0.1, 0.15) is 0 Å². The van der Waals surface area contributed by atoms with Crippen molar-refractivity contribution in [2.45, 2.75) is 44.9 Å². The van der Waals surface area contributed by atoms with Gasteiger partial charge in [-0.3, -0.25) is 0 Å². The van der Waals surface area contributed by atoms with Crippen molar-refractivity contribution in [2.24, 2.45) is 5.92 Å². The molecule has 0 saturated carbocycles. The molecule has 2 heteroatoms. The summed E-state index contributed by atoms with van der Waals surface area (Å²) in [5.74, 6) is 0.977. The van der Waals surface area contributed by atoms with Crippen molar-refractivity contribution in [2.75, 3.05) is 32.7 Å². The second-order valence-electron chi connectivity index (χ2n) is 5.26. The van der Waals surface area contributed by atoms with Gasteiger partial charge in [-0.15, -0.1) is 0 Å². The molecule has 0 atom stereocenters. The van der Waals surface area contributed by atoms with Crippen molar-refractivity contribution in [1.82, 2.24) is 10.2 Å². The molecule has 0 aromatic rings. The summed E-state index contributed by atoms with van der Waals surface area (Å²) < 4.78 is 0. The average molecular weight is 210 g/mol. The van der Waals surface area contributed by atoms with Crippen LogP contribution in [0.2, 0.25) is 0 Å². The largest absolute Gasteiger partial charge is 0.317 e. The molecule has 15 heavy (non-hydrogen) atoms. The molecule has 0 aromatic carbocycles. The first-order valence-corrected chi connectivity index (χ1v) is 6.88. The third-order valence-corrected chi connectivity index (χ3v) is 3.92. The van der Waals surface area contributed by atoms with Crippen LogP contribution in [-0.4, -0.2) is 37.6 Å². The summed E-state index contributed by atoms with van der Waals surface area (Å²) >= 11 is 0. The maximum Gasteiger partial charge on any atom is 0.00106 e. The molecular formula is C13H26N2. The van der Waals surface area contributed by atoms with Crippen LogP contribution in [0.5, 0.6) is 0 Å². The molecule has 2 aliphatic heterocycles. The SMILES string of the molecule is C1CCCN(CC2CCNCC2)CCC1. The lowest BCUT2D eigenvalue weighted by Gasteiger charge is -2.31. The Morgan fingerprint density at radius 1 is 0.867 bits per heavy atom. The molecule has 2 aliphatic rings. The molecule has 88 valence electrons. The maximum absolute atomic E-state index is 3.46. The van der Waals surface area contributed by atoms with E-state index in [1.807, 2.05) is 0 Å². The van der Waals surface area contributed by atoms with Crippen molar-refractivity contribution in [3.05, 3.63) is 0 Å². The Labute approximate surface area is 94.4 Å². The van der Waals surface area contributed by atoms with E-state index in [1.54, 1.807) is 0 Å². The zero-order valence-corrected chi connectivity index (χ0v) is 10.0. The van der Waals surface area contributed by atoms with Crippen molar-refractivity contribution in [3.8, 4) is 0 Å². The molecule has 0 aromatic heterocycles. The predicted octanol–water partition coefficient (Wildman–Crippen LogP) is 2.25. The summed E-state index contributed by atoms with van der Waals surface area (Å²) in [6.07, 6.45) is 10.1. The van der Waals surface area contributed by atoms with E-state index < -0.39 is 0 Å². The van der Waals surface area contributed by atoms with Gasteiger partial charge in [0.05, 0.1) is 0 Å². The molecule has 2 heterocycles. The fourth-order valence-electron chi connectivity index (χ4n) is 2.92. The molecule has 0 unspecified atom stereocenters. The van der Waals surface area contributed by atoms with E-state index in [1.165, 1.54) is 77.7 Å². The number of hydrogen-bond donors (Lipinski definition) is 1. The highest BCUT2D eigenvalue weighted by Gasteiger charge is 2.17. The maximum atomic E-state index is 3.46. The molecule has 2 rings (SSSR count). The highest BCUT2D eigenvalue weighted by atomic mass is 15.1. The molecular weight excluding hydrogens is 184 g/mol. The molecule has 1 N–H and O–H groups in total. The minimum Gasteiger partial charge on any atom is -0.317 e. The lowest BCUT2D eigenvalue weighted by molar-refractivity contribution is 0.191. The minimum atomic E-state index is 0.977. The molecule has 0 radical (unpaired) electrons. The summed E-state index contributed by atoms with van der Waals surface area (Å²) in [5.41, 5.74) is 0. The second kappa shape index (κ2) is 6.49. The Bertz CT molecular complexity index is 156. The number of piperidine rings is 1. The van der Waals surface area contributed by atoms with Gasteiger partial charge in [0.2, 0.25) is 0 Å². The number of nitrogens with zero attached hydrogens (tertiary/aromatic N) is 1. The predicted molar refractivity (Wildman–Crippen MR) is 65.1 cm³/mol. The number of nitrogens with one attached hydrogen (secondary N) is 1. The Morgan fingerprint density at radius 2 is 1.47 bits per heavy atom. The van der Waals surface area contributed by atoms with E-state index in [0.717, 1.165) is 5.92 Å². The first-order chi connectivity index (χ1) is 7.45. The molecule has 2 fully saturated rings. The number of likely N-dealkylation sites (tertiary alicyclic amines) is 1. The molecule has 0 bridgehead atoms. The van der Waals surface area contributed by atoms with E-state index >= 15 is 0 Å². The van der Waals surface area contributed by atoms with Crippen LogP contribution in [0.4, 0.5) is 0 Å². The third kappa shape index (κ3) is 4.12. The molecule has 0 spiro atoms. The van der Waals surface area contributed by atoms with Gasteiger partial charge in [-0.2, -0.15) is 0 Å². The van der Waals surface area contributed by atoms with Gasteiger partial charge >= 0.3 is 0 Å². The standard InChI is InChI=1S/C13H26N2/c1-2-4-10-15(11-5-3-1)12-13-6-8-14-9-7-13/h13-14H,1-12H2. The van der Waals surface area contributed by atoms with Crippen molar-refractivity contribution in [1.29, 1.82) is 0 Å². The van der Waals surface area contributed by atoms with E-state index in [4.69, 9.17) is 0 Å². The van der Waals surface area contributed by atoms with E-state index in [2.05, 4.69) is 10.2 Å². The smallest absolute Gasteiger partial charge is 0.00106 e. The molecule has 0 amide bonds. The highest BCUT2D eigenvalue weighted by molar-refractivity contribution is 4.73. The summed E-state index contributed by atoms with van der Waals surface area (Å²) in [4.78, 5) is 2.73. The van der Waals surface area contributed by atoms with Gasteiger partial charge in [-0.25, -0.2) is 0 Å². The summed E-state index contributed by atoms with van der Waals surface area (Å²) in [6.45, 7) is 6.60.